The third kappa shape index (κ3) is 9.29. The number of hydrogen-bond acceptors (Lipinski definition) is 3. The van der Waals surface area contributed by atoms with Gasteiger partial charge in [0.15, 0.2) is 0 Å². The van der Waals surface area contributed by atoms with Crippen molar-refractivity contribution in [3.05, 3.63) is 83.0 Å². The van der Waals surface area contributed by atoms with Crippen molar-refractivity contribution in [2.45, 2.75) is 53.9 Å². The fourth-order valence-corrected chi connectivity index (χ4v) is 3.25. The highest BCUT2D eigenvalue weighted by molar-refractivity contribution is 5.66. The van der Waals surface area contributed by atoms with Gasteiger partial charge in [-0.1, -0.05) is 55.4 Å². The topological polar surface area (TPSA) is 57.5 Å². The lowest BCUT2D eigenvalue weighted by Gasteiger charge is -2.32. The number of rotatable bonds is 5. The summed E-state index contributed by atoms with van der Waals surface area (Å²) in [6.45, 7) is 10.9. The largest absolute Gasteiger partial charge is 0.508 e. The van der Waals surface area contributed by atoms with Crippen LogP contribution < -0.4 is 0 Å². The molecule has 0 atom stereocenters. The Morgan fingerprint density at radius 2 is 1.52 bits per heavy atom. The molecular weight excluding hydrogens is 360 g/mol. The molecule has 3 nitrogen and oxygen atoms in total. The first kappa shape index (κ1) is 24.2. The molecule has 0 radical (unpaired) electrons. The maximum atomic E-state index is 10.3. The molecule has 0 unspecified atom stereocenters. The molecule has 1 aliphatic carbocycles. The van der Waals surface area contributed by atoms with Gasteiger partial charge in [-0.05, 0) is 86.9 Å². The number of benzene rings is 1. The zero-order chi connectivity index (χ0) is 21.9. The van der Waals surface area contributed by atoms with Crippen molar-refractivity contribution in [2.24, 2.45) is 5.41 Å². The lowest BCUT2D eigenvalue weighted by Crippen LogP contribution is -2.19. The predicted molar refractivity (Wildman–Crippen MR) is 122 cm³/mol. The average Bonchev–Trinajstić information content (AvgIpc) is 2.64. The molecule has 2 N–H and O–H groups in total. The Kier molecular flexibility index (Phi) is 9.94. The Morgan fingerprint density at radius 3 is 2.03 bits per heavy atom. The molecule has 1 aromatic carbocycles. The molecule has 0 saturated heterocycles. The van der Waals surface area contributed by atoms with Crippen LogP contribution in [-0.4, -0.2) is 16.5 Å². The maximum Gasteiger partial charge on any atom is 0.143 e. The number of carbonyl (C=O) groups is 1. The molecule has 156 valence electrons. The van der Waals surface area contributed by atoms with Gasteiger partial charge < -0.3 is 10.2 Å². The second-order valence-corrected chi connectivity index (χ2v) is 8.10. The van der Waals surface area contributed by atoms with E-state index in [1.165, 1.54) is 60.2 Å². The lowest BCUT2D eigenvalue weighted by atomic mass is 9.72. The number of hydrogen-bond donors (Lipinski definition) is 2. The molecule has 0 saturated carbocycles. The van der Waals surface area contributed by atoms with Crippen molar-refractivity contribution in [1.82, 2.24) is 0 Å². The monoisotopic (exact) mass is 394 g/mol. The zero-order valence-electron chi connectivity index (χ0n) is 18.3. The summed E-state index contributed by atoms with van der Waals surface area (Å²) in [6.07, 6.45) is 16.6. The van der Waals surface area contributed by atoms with Gasteiger partial charge >= 0.3 is 0 Å². The quantitative estimate of drug-likeness (QED) is 0.249. The van der Waals surface area contributed by atoms with Crippen LogP contribution in [0.3, 0.4) is 0 Å². The Balaban J connectivity index is 0.000000436. The van der Waals surface area contributed by atoms with E-state index < -0.39 is 0 Å². The van der Waals surface area contributed by atoms with Gasteiger partial charge in [-0.2, -0.15) is 0 Å². The average molecular weight is 395 g/mol. The van der Waals surface area contributed by atoms with E-state index in [1.54, 1.807) is 6.08 Å². The first-order valence-corrected chi connectivity index (χ1v) is 9.99. The first-order valence-electron chi connectivity index (χ1n) is 9.99. The Morgan fingerprint density at radius 1 is 0.966 bits per heavy atom. The number of allylic oxidation sites excluding steroid dienone is 10. The molecular formula is C26H34O3. The van der Waals surface area contributed by atoms with Gasteiger partial charge in [-0.3, -0.25) is 4.79 Å². The van der Waals surface area contributed by atoms with Crippen LogP contribution in [0, 0.1) is 5.41 Å². The van der Waals surface area contributed by atoms with Crippen LogP contribution in [0.4, 0.5) is 0 Å². The summed E-state index contributed by atoms with van der Waals surface area (Å²) in [6, 6.07) is 5.70. The second-order valence-electron chi connectivity index (χ2n) is 8.10. The molecule has 1 aromatic rings. The van der Waals surface area contributed by atoms with Crippen LogP contribution >= 0.6 is 0 Å². The normalized spacial score (nSPS) is 17.4. The highest BCUT2D eigenvalue weighted by Crippen LogP contribution is 2.40. The van der Waals surface area contributed by atoms with Crippen LogP contribution in [0.2, 0.25) is 0 Å². The van der Waals surface area contributed by atoms with E-state index >= 15 is 0 Å². The molecule has 2 rings (SSSR count). The standard InChI is InChI=1S/C20H28O.C6H6O2/c1-16(8-6-9-17(2)13-15-21)11-12-19-18(3)10-7-14-20(19,4)5;7-5-1-2-6(8)4-3-5/h6,8-9,11-13,15H,7,10,14H2,1-5H3;1-4,7-8H/b9-6+,12-11+,16-8+,17-13+;. The first-order chi connectivity index (χ1) is 13.7. The van der Waals surface area contributed by atoms with E-state index in [1.807, 2.05) is 19.1 Å². The molecule has 0 fully saturated rings. The smallest absolute Gasteiger partial charge is 0.143 e. The molecule has 1 aliphatic rings. The highest BCUT2D eigenvalue weighted by atomic mass is 16.3. The van der Waals surface area contributed by atoms with Gasteiger partial charge in [-0.25, -0.2) is 0 Å². The van der Waals surface area contributed by atoms with Gasteiger partial charge in [0.1, 0.15) is 17.8 Å². The van der Waals surface area contributed by atoms with Gasteiger partial charge in [-0.15, -0.1) is 0 Å². The number of phenolic OH excluding ortho intramolecular Hbond substituents is 2. The van der Waals surface area contributed by atoms with Crippen molar-refractivity contribution in [2.75, 3.05) is 0 Å². The van der Waals surface area contributed by atoms with Crippen LogP contribution in [0.15, 0.2) is 83.0 Å². The molecule has 0 aliphatic heterocycles. The lowest BCUT2D eigenvalue weighted by molar-refractivity contribution is -0.104. The zero-order valence-corrected chi connectivity index (χ0v) is 18.3. The van der Waals surface area contributed by atoms with Gasteiger partial charge in [0.05, 0.1) is 0 Å². The predicted octanol–water partition coefficient (Wildman–Crippen LogP) is 6.81. The van der Waals surface area contributed by atoms with Crippen LogP contribution in [0.1, 0.15) is 53.9 Å². The minimum absolute atomic E-state index is 0.169. The SMILES string of the molecule is CC1=C(/C=C/C(C)=C/C=C/C(C)=C/C=O)C(C)(C)CCC1.Oc1ccc(O)cc1. The molecule has 0 bridgehead atoms. The summed E-state index contributed by atoms with van der Waals surface area (Å²) in [4.78, 5) is 10.3. The Labute approximate surface area is 175 Å². The number of phenols is 2. The van der Waals surface area contributed by atoms with Gasteiger partial charge in [0.25, 0.3) is 0 Å². The summed E-state index contributed by atoms with van der Waals surface area (Å²) in [5, 5.41) is 17.3. The minimum Gasteiger partial charge on any atom is -0.508 e. The van der Waals surface area contributed by atoms with E-state index in [9.17, 15) is 4.79 Å². The van der Waals surface area contributed by atoms with E-state index in [0.29, 0.717) is 0 Å². The van der Waals surface area contributed by atoms with Crippen LogP contribution in [0.5, 0.6) is 11.5 Å². The van der Waals surface area contributed by atoms with E-state index in [-0.39, 0.29) is 16.9 Å². The summed E-state index contributed by atoms with van der Waals surface area (Å²) in [5.74, 6) is 0.339. The summed E-state index contributed by atoms with van der Waals surface area (Å²) in [7, 11) is 0. The fraction of sp³-hybridized carbons (Fsp3) is 0.346. The van der Waals surface area contributed by atoms with Crippen LogP contribution in [-0.2, 0) is 4.79 Å². The molecule has 0 heterocycles. The number of aromatic hydroxyl groups is 2. The van der Waals surface area contributed by atoms with Crippen molar-refractivity contribution < 1.29 is 15.0 Å². The molecule has 29 heavy (non-hydrogen) atoms. The van der Waals surface area contributed by atoms with Crippen molar-refractivity contribution >= 4 is 6.29 Å². The maximum absolute atomic E-state index is 10.3. The van der Waals surface area contributed by atoms with Crippen LogP contribution in [0.25, 0.3) is 0 Å². The Bertz CT molecular complexity index is 795. The van der Waals surface area contributed by atoms with Gasteiger partial charge in [0, 0.05) is 0 Å². The molecule has 0 aromatic heterocycles. The minimum atomic E-state index is 0.169. The molecule has 3 heteroatoms. The highest BCUT2D eigenvalue weighted by Gasteiger charge is 2.26. The molecule has 0 amide bonds. The van der Waals surface area contributed by atoms with Crippen molar-refractivity contribution in [3.8, 4) is 11.5 Å². The van der Waals surface area contributed by atoms with Crippen molar-refractivity contribution in [3.63, 3.8) is 0 Å². The third-order valence-electron chi connectivity index (χ3n) is 4.95. The third-order valence-corrected chi connectivity index (χ3v) is 4.95. The second kappa shape index (κ2) is 11.9. The summed E-state index contributed by atoms with van der Waals surface area (Å²) < 4.78 is 0. The Hall–Kier alpha value is -2.81. The fourth-order valence-electron chi connectivity index (χ4n) is 3.25. The summed E-state index contributed by atoms with van der Waals surface area (Å²) in [5.41, 5.74) is 5.48. The summed E-state index contributed by atoms with van der Waals surface area (Å²) >= 11 is 0. The number of carbonyl (C=O) groups excluding carboxylic acids is 1. The van der Waals surface area contributed by atoms with Gasteiger partial charge in [0.2, 0.25) is 0 Å². The van der Waals surface area contributed by atoms with Crippen molar-refractivity contribution in [1.29, 1.82) is 0 Å². The van der Waals surface area contributed by atoms with E-state index in [0.717, 1.165) is 11.9 Å². The van der Waals surface area contributed by atoms with E-state index in [2.05, 4.69) is 45.9 Å². The molecule has 0 spiro atoms. The number of aldehydes is 1. The van der Waals surface area contributed by atoms with E-state index in [4.69, 9.17) is 10.2 Å².